The summed E-state index contributed by atoms with van der Waals surface area (Å²) in [6.45, 7) is 9.85. The van der Waals surface area contributed by atoms with Crippen molar-refractivity contribution in [1.82, 2.24) is 19.0 Å². The molecule has 1 amide bonds. The minimum atomic E-state index is -3.64. The second kappa shape index (κ2) is 11.1. The van der Waals surface area contributed by atoms with E-state index in [9.17, 15) is 13.2 Å². The lowest BCUT2D eigenvalue weighted by Gasteiger charge is -2.42. The van der Waals surface area contributed by atoms with Crippen LogP contribution >= 0.6 is 0 Å². The SMILES string of the molecule is COc1cc(C)c(S(=O)(=O)N2CC[C@H]2COCC(=O)N2CCN(C3CCN(C)CC3)CC2)c(C)c1. The quantitative estimate of drug-likeness (QED) is 0.524. The minimum absolute atomic E-state index is 0.000791. The molecule has 0 bridgehead atoms. The van der Waals surface area contributed by atoms with Crippen molar-refractivity contribution in [3.05, 3.63) is 23.3 Å². The van der Waals surface area contributed by atoms with Crippen LogP contribution in [0.4, 0.5) is 0 Å². The van der Waals surface area contributed by atoms with Crippen LogP contribution in [0.3, 0.4) is 0 Å². The Balaban J connectivity index is 1.24. The number of benzene rings is 1. The van der Waals surface area contributed by atoms with E-state index in [4.69, 9.17) is 9.47 Å². The number of nitrogens with zero attached hydrogens (tertiary/aromatic N) is 4. The van der Waals surface area contributed by atoms with Gasteiger partial charge in [0, 0.05) is 44.8 Å². The maximum absolute atomic E-state index is 13.3. The highest BCUT2D eigenvalue weighted by Crippen LogP contribution is 2.33. The molecule has 0 unspecified atom stereocenters. The summed E-state index contributed by atoms with van der Waals surface area (Å²) in [5.74, 6) is 0.636. The molecular weight excluding hydrogens is 468 g/mol. The lowest BCUT2D eigenvalue weighted by Crippen LogP contribution is -2.55. The van der Waals surface area contributed by atoms with Crippen LogP contribution < -0.4 is 4.74 Å². The van der Waals surface area contributed by atoms with Gasteiger partial charge in [0.25, 0.3) is 0 Å². The fraction of sp³-hybridized carbons (Fsp3) is 0.720. The van der Waals surface area contributed by atoms with Crippen LogP contribution in [0.1, 0.15) is 30.4 Å². The average Bonchev–Trinajstić information content (AvgIpc) is 2.80. The number of carbonyl (C=O) groups excluding carboxylic acids is 1. The summed E-state index contributed by atoms with van der Waals surface area (Å²) in [7, 11) is 0.109. The first-order valence-electron chi connectivity index (χ1n) is 12.7. The first-order valence-corrected chi connectivity index (χ1v) is 14.1. The van der Waals surface area contributed by atoms with Crippen molar-refractivity contribution in [3.63, 3.8) is 0 Å². The van der Waals surface area contributed by atoms with Gasteiger partial charge >= 0.3 is 0 Å². The highest BCUT2D eigenvalue weighted by molar-refractivity contribution is 7.89. The Kier molecular flexibility index (Phi) is 8.38. The molecule has 10 heteroatoms. The van der Waals surface area contributed by atoms with Crippen molar-refractivity contribution >= 4 is 15.9 Å². The summed E-state index contributed by atoms with van der Waals surface area (Å²) in [6, 6.07) is 3.88. The van der Waals surface area contributed by atoms with Crippen LogP contribution in [-0.2, 0) is 19.6 Å². The van der Waals surface area contributed by atoms with Gasteiger partial charge in [-0.2, -0.15) is 4.31 Å². The Morgan fingerprint density at radius 1 is 0.971 bits per heavy atom. The van der Waals surface area contributed by atoms with E-state index in [1.807, 2.05) is 4.90 Å². The number of amides is 1. The number of methoxy groups -OCH3 is 1. The molecule has 0 aliphatic carbocycles. The molecule has 3 saturated heterocycles. The van der Waals surface area contributed by atoms with Gasteiger partial charge in [-0.25, -0.2) is 8.42 Å². The molecule has 9 nitrogen and oxygen atoms in total. The maximum Gasteiger partial charge on any atom is 0.248 e. The largest absolute Gasteiger partial charge is 0.497 e. The Morgan fingerprint density at radius 3 is 2.14 bits per heavy atom. The molecule has 35 heavy (non-hydrogen) atoms. The number of piperidine rings is 1. The van der Waals surface area contributed by atoms with Gasteiger partial charge in [0.05, 0.1) is 18.6 Å². The topological polar surface area (TPSA) is 82.6 Å². The van der Waals surface area contributed by atoms with Gasteiger partial charge in [-0.05, 0) is 76.5 Å². The summed E-state index contributed by atoms with van der Waals surface area (Å²) < 4.78 is 39.2. The predicted molar refractivity (Wildman–Crippen MR) is 134 cm³/mol. The number of likely N-dealkylation sites (tertiary alicyclic amines) is 1. The van der Waals surface area contributed by atoms with Gasteiger partial charge in [-0.15, -0.1) is 0 Å². The molecule has 0 saturated carbocycles. The van der Waals surface area contributed by atoms with Gasteiger partial charge < -0.3 is 19.3 Å². The molecule has 0 aromatic heterocycles. The van der Waals surface area contributed by atoms with Gasteiger partial charge in [-0.1, -0.05) is 0 Å². The van der Waals surface area contributed by atoms with Gasteiger partial charge in [-0.3, -0.25) is 9.69 Å². The fourth-order valence-electron chi connectivity index (χ4n) is 5.52. The third-order valence-corrected chi connectivity index (χ3v) is 9.99. The number of piperazine rings is 1. The molecule has 3 heterocycles. The Hall–Kier alpha value is -1.72. The van der Waals surface area contributed by atoms with E-state index >= 15 is 0 Å². The van der Waals surface area contributed by atoms with E-state index in [1.54, 1.807) is 33.1 Å². The lowest BCUT2D eigenvalue weighted by atomic mass is 10.0. The van der Waals surface area contributed by atoms with Gasteiger partial charge in [0.1, 0.15) is 12.4 Å². The lowest BCUT2D eigenvalue weighted by molar-refractivity contribution is -0.139. The van der Waals surface area contributed by atoms with Crippen molar-refractivity contribution in [3.8, 4) is 5.75 Å². The smallest absolute Gasteiger partial charge is 0.248 e. The summed E-state index contributed by atoms with van der Waals surface area (Å²) in [5.41, 5.74) is 1.34. The number of sulfonamides is 1. The second-order valence-corrected chi connectivity index (χ2v) is 11.9. The summed E-state index contributed by atoms with van der Waals surface area (Å²) in [6.07, 6.45) is 3.13. The maximum atomic E-state index is 13.3. The van der Waals surface area contributed by atoms with E-state index < -0.39 is 10.0 Å². The molecule has 1 aromatic carbocycles. The standard InChI is InChI=1S/C25H40N4O5S/c1-19-15-23(33-4)16-20(2)25(19)35(31,32)29-10-7-22(29)17-34-18-24(30)28-13-11-27(12-14-28)21-5-8-26(3)9-6-21/h15-16,21-22H,5-14,17-18H2,1-4H3/t22-/m0/s1. The van der Waals surface area contributed by atoms with Crippen LogP contribution in [0.5, 0.6) is 5.75 Å². The number of ether oxygens (including phenoxy) is 2. The fourth-order valence-corrected chi connectivity index (χ4v) is 7.59. The first-order chi connectivity index (χ1) is 16.7. The zero-order chi connectivity index (χ0) is 25.2. The summed E-state index contributed by atoms with van der Waals surface area (Å²) in [5, 5.41) is 0. The Labute approximate surface area is 210 Å². The summed E-state index contributed by atoms with van der Waals surface area (Å²) >= 11 is 0. The molecule has 0 spiro atoms. The third kappa shape index (κ3) is 5.83. The number of hydrogen-bond acceptors (Lipinski definition) is 7. The highest BCUT2D eigenvalue weighted by atomic mass is 32.2. The summed E-state index contributed by atoms with van der Waals surface area (Å²) in [4.78, 5) is 19.8. The molecule has 3 fully saturated rings. The zero-order valence-electron chi connectivity index (χ0n) is 21.5. The van der Waals surface area contributed by atoms with Gasteiger partial charge in [0.2, 0.25) is 15.9 Å². The molecule has 3 aliphatic rings. The monoisotopic (exact) mass is 508 g/mol. The van der Waals surface area contributed by atoms with E-state index in [2.05, 4.69) is 16.8 Å². The molecule has 3 aliphatic heterocycles. The Morgan fingerprint density at radius 2 is 1.60 bits per heavy atom. The van der Waals surface area contributed by atoms with Crippen LogP contribution in [0.2, 0.25) is 0 Å². The third-order valence-electron chi connectivity index (χ3n) is 7.73. The highest BCUT2D eigenvalue weighted by Gasteiger charge is 2.40. The first kappa shape index (κ1) is 26.3. The van der Waals surface area contributed by atoms with Crippen molar-refractivity contribution in [2.45, 2.75) is 50.1 Å². The number of hydrogen-bond donors (Lipinski definition) is 0. The molecule has 0 N–H and O–H groups in total. The molecule has 196 valence electrons. The molecule has 1 atom stereocenters. The van der Waals surface area contributed by atoms with Crippen molar-refractivity contribution < 1.29 is 22.7 Å². The van der Waals surface area contributed by atoms with Crippen LogP contribution in [0.25, 0.3) is 0 Å². The van der Waals surface area contributed by atoms with Crippen molar-refractivity contribution in [2.75, 3.05) is 73.2 Å². The number of aryl methyl sites for hydroxylation is 2. The van der Waals surface area contributed by atoms with E-state index in [0.717, 1.165) is 45.7 Å². The van der Waals surface area contributed by atoms with Crippen LogP contribution in [-0.4, -0.2) is 119 Å². The molecule has 1 aromatic rings. The van der Waals surface area contributed by atoms with Crippen LogP contribution in [0.15, 0.2) is 17.0 Å². The normalized spacial score (nSPS) is 23.3. The minimum Gasteiger partial charge on any atom is -0.497 e. The Bertz CT molecular complexity index is 978. The number of carbonyl (C=O) groups is 1. The molecular formula is C25H40N4O5S. The average molecular weight is 509 g/mol. The predicted octanol–water partition coefficient (Wildman–Crippen LogP) is 1.33. The number of rotatable bonds is 8. The molecule has 0 radical (unpaired) electrons. The van der Waals surface area contributed by atoms with Crippen molar-refractivity contribution in [2.24, 2.45) is 0 Å². The van der Waals surface area contributed by atoms with Crippen molar-refractivity contribution in [1.29, 1.82) is 0 Å². The van der Waals surface area contributed by atoms with Crippen LogP contribution in [0, 0.1) is 13.8 Å². The second-order valence-electron chi connectivity index (χ2n) is 10.1. The zero-order valence-corrected chi connectivity index (χ0v) is 22.3. The van der Waals surface area contributed by atoms with Gasteiger partial charge in [0.15, 0.2) is 0 Å². The molecule has 4 rings (SSSR count). The van der Waals surface area contributed by atoms with E-state index in [1.165, 1.54) is 17.1 Å². The van der Waals surface area contributed by atoms with E-state index in [-0.39, 0.29) is 25.2 Å². The van der Waals surface area contributed by atoms with E-state index in [0.29, 0.717) is 34.4 Å².